The van der Waals surface area contributed by atoms with Crippen LogP contribution in [0.25, 0.3) is 0 Å². The molecule has 0 amide bonds. The van der Waals surface area contributed by atoms with E-state index in [4.69, 9.17) is 10.2 Å². The van der Waals surface area contributed by atoms with E-state index in [1.807, 2.05) is 0 Å². The lowest BCUT2D eigenvalue weighted by Crippen LogP contribution is -2.15. The molecule has 86 valence electrons. The minimum absolute atomic E-state index is 0.188. The van der Waals surface area contributed by atoms with Crippen molar-refractivity contribution >= 4 is 11.9 Å². The van der Waals surface area contributed by atoms with Gasteiger partial charge in [0.05, 0.1) is 11.5 Å². The fourth-order valence-electron chi connectivity index (χ4n) is 1.57. The van der Waals surface area contributed by atoms with Crippen molar-refractivity contribution in [2.24, 2.45) is 5.92 Å². The molecule has 2 N–H and O–H groups in total. The molecule has 4 heteroatoms. The predicted molar refractivity (Wildman–Crippen MR) is 58.6 cm³/mol. The first-order chi connectivity index (χ1) is 7.43. The molecule has 0 bridgehead atoms. The van der Waals surface area contributed by atoms with Crippen molar-refractivity contribution < 1.29 is 19.8 Å². The van der Waals surface area contributed by atoms with Crippen LogP contribution in [-0.4, -0.2) is 22.2 Å². The molecule has 0 heterocycles. The summed E-state index contributed by atoms with van der Waals surface area (Å²) in [6, 6.07) is 4.95. The third-order valence-corrected chi connectivity index (χ3v) is 2.57. The third-order valence-electron chi connectivity index (χ3n) is 2.57. The number of aromatic carboxylic acids is 1. The molecule has 0 fully saturated rings. The molecule has 0 aromatic heterocycles. The maximum atomic E-state index is 11.0. The Hall–Kier alpha value is -1.84. The van der Waals surface area contributed by atoms with Crippen LogP contribution in [0.1, 0.15) is 28.4 Å². The topological polar surface area (TPSA) is 74.6 Å². The molecule has 1 unspecified atom stereocenters. The third kappa shape index (κ3) is 2.59. The van der Waals surface area contributed by atoms with E-state index in [9.17, 15) is 9.59 Å². The number of aryl methyl sites for hydroxylation is 1. The van der Waals surface area contributed by atoms with E-state index in [1.54, 1.807) is 26.0 Å². The lowest BCUT2D eigenvalue weighted by atomic mass is 9.93. The van der Waals surface area contributed by atoms with Gasteiger partial charge in [-0.25, -0.2) is 4.79 Å². The summed E-state index contributed by atoms with van der Waals surface area (Å²) in [6.45, 7) is 3.36. The van der Waals surface area contributed by atoms with Gasteiger partial charge in [-0.3, -0.25) is 4.79 Å². The monoisotopic (exact) mass is 222 g/mol. The summed E-state index contributed by atoms with van der Waals surface area (Å²) < 4.78 is 0. The highest BCUT2D eigenvalue weighted by Crippen LogP contribution is 2.18. The van der Waals surface area contributed by atoms with E-state index >= 15 is 0 Å². The van der Waals surface area contributed by atoms with Crippen LogP contribution in [0, 0.1) is 12.8 Å². The first kappa shape index (κ1) is 12.2. The van der Waals surface area contributed by atoms with Gasteiger partial charge in [0.15, 0.2) is 0 Å². The molecule has 0 aliphatic rings. The van der Waals surface area contributed by atoms with Gasteiger partial charge < -0.3 is 10.2 Å². The normalized spacial score (nSPS) is 12.1. The van der Waals surface area contributed by atoms with Crippen LogP contribution in [0.2, 0.25) is 0 Å². The molecule has 0 spiro atoms. The van der Waals surface area contributed by atoms with Crippen LogP contribution in [0.5, 0.6) is 0 Å². The Morgan fingerprint density at radius 1 is 1.31 bits per heavy atom. The zero-order valence-electron chi connectivity index (χ0n) is 9.23. The van der Waals surface area contributed by atoms with E-state index in [0.29, 0.717) is 5.56 Å². The highest BCUT2D eigenvalue weighted by Gasteiger charge is 2.18. The molecule has 1 aromatic rings. The lowest BCUT2D eigenvalue weighted by Gasteiger charge is -2.12. The quantitative estimate of drug-likeness (QED) is 0.816. The SMILES string of the molecule is Cc1cccc(C(=O)O)c1CC(C)C(=O)O. The molecule has 16 heavy (non-hydrogen) atoms. The molecular formula is C12H14O4. The number of carbonyl (C=O) groups is 2. The fourth-order valence-corrected chi connectivity index (χ4v) is 1.57. The Balaban J connectivity index is 3.11. The van der Waals surface area contributed by atoms with Crippen LogP contribution >= 0.6 is 0 Å². The Morgan fingerprint density at radius 2 is 1.94 bits per heavy atom. The lowest BCUT2D eigenvalue weighted by molar-refractivity contribution is -0.141. The Labute approximate surface area is 93.5 Å². The summed E-state index contributed by atoms with van der Waals surface area (Å²) in [7, 11) is 0. The van der Waals surface area contributed by atoms with Gasteiger partial charge in [-0.15, -0.1) is 0 Å². The number of hydrogen-bond donors (Lipinski definition) is 2. The summed E-state index contributed by atoms with van der Waals surface area (Å²) in [4.78, 5) is 21.7. The highest BCUT2D eigenvalue weighted by molar-refractivity contribution is 5.90. The largest absolute Gasteiger partial charge is 0.481 e. The standard InChI is InChI=1S/C12H14O4/c1-7-4-3-5-9(12(15)16)10(7)6-8(2)11(13)14/h3-5,8H,6H2,1-2H3,(H,13,14)(H,15,16). The van der Waals surface area contributed by atoms with E-state index < -0.39 is 17.9 Å². The van der Waals surface area contributed by atoms with Crippen molar-refractivity contribution in [2.45, 2.75) is 20.3 Å². The average molecular weight is 222 g/mol. The molecule has 0 aliphatic heterocycles. The van der Waals surface area contributed by atoms with Crippen LogP contribution in [-0.2, 0) is 11.2 Å². The average Bonchev–Trinajstić information content (AvgIpc) is 2.20. The zero-order valence-corrected chi connectivity index (χ0v) is 9.23. The Kier molecular flexibility index (Phi) is 3.66. The summed E-state index contributed by atoms with van der Waals surface area (Å²) in [5, 5.41) is 17.8. The first-order valence-electron chi connectivity index (χ1n) is 4.98. The van der Waals surface area contributed by atoms with Crippen molar-refractivity contribution in [3.63, 3.8) is 0 Å². The smallest absolute Gasteiger partial charge is 0.335 e. The molecule has 4 nitrogen and oxygen atoms in total. The van der Waals surface area contributed by atoms with Gasteiger partial charge in [0, 0.05) is 0 Å². The van der Waals surface area contributed by atoms with Crippen molar-refractivity contribution in [3.05, 3.63) is 34.9 Å². The highest BCUT2D eigenvalue weighted by atomic mass is 16.4. The molecular weight excluding hydrogens is 208 g/mol. The molecule has 0 radical (unpaired) electrons. The molecule has 0 saturated carbocycles. The fraction of sp³-hybridized carbons (Fsp3) is 0.333. The van der Waals surface area contributed by atoms with Gasteiger partial charge >= 0.3 is 11.9 Å². The molecule has 1 atom stereocenters. The van der Waals surface area contributed by atoms with Crippen LogP contribution in [0.4, 0.5) is 0 Å². The van der Waals surface area contributed by atoms with Gasteiger partial charge in [0.1, 0.15) is 0 Å². The van der Waals surface area contributed by atoms with Crippen LogP contribution in [0.15, 0.2) is 18.2 Å². The summed E-state index contributed by atoms with van der Waals surface area (Å²) in [5.41, 5.74) is 1.60. The second-order valence-corrected chi connectivity index (χ2v) is 3.85. The van der Waals surface area contributed by atoms with Gasteiger partial charge in [0.25, 0.3) is 0 Å². The number of aliphatic carboxylic acids is 1. The van der Waals surface area contributed by atoms with E-state index in [-0.39, 0.29) is 12.0 Å². The van der Waals surface area contributed by atoms with Gasteiger partial charge in [-0.05, 0) is 30.5 Å². The minimum Gasteiger partial charge on any atom is -0.481 e. The summed E-state index contributed by atoms with van der Waals surface area (Å²) >= 11 is 0. The molecule has 1 rings (SSSR count). The van der Waals surface area contributed by atoms with Gasteiger partial charge in [-0.2, -0.15) is 0 Å². The second kappa shape index (κ2) is 4.79. The number of carboxylic acids is 2. The zero-order chi connectivity index (χ0) is 12.3. The van der Waals surface area contributed by atoms with Crippen LogP contribution < -0.4 is 0 Å². The van der Waals surface area contributed by atoms with E-state index in [1.165, 1.54) is 6.07 Å². The number of carboxylic acid groups (broad SMARTS) is 2. The molecule has 1 aromatic carbocycles. The summed E-state index contributed by atoms with van der Waals surface area (Å²) in [6.07, 6.45) is 0.240. The van der Waals surface area contributed by atoms with Crippen molar-refractivity contribution in [1.29, 1.82) is 0 Å². The van der Waals surface area contributed by atoms with Crippen molar-refractivity contribution in [2.75, 3.05) is 0 Å². The first-order valence-corrected chi connectivity index (χ1v) is 4.98. The maximum absolute atomic E-state index is 11.0. The summed E-state index contributed by atoms with van der Waals surface area (Å²) in [5.74, 6) is -2.52. The number of hydrogen-bond acceptors (Lipinski definition) is 2. The van der Waals surface area contributed by atoms with Crippen molar-refractivity contribution in [1.82, 2.24) is 0 Å². The number of benzene rings is 1. The minimum atomic E-state index is -1.02. The molecule has 0 aliphatic carbocycles. The maximum Gasteiger partial charge on any atom is 0.335 e. The number of rotatable bonds is 4. The van der Waals surface area contributed by atoms with Gasteiger partial charge in [0.2, 0.25) is 0 Å². The second-order valence-electron chi connectivity index (χ2n) is 3.85. The van der Waals surface area contributed by atoms with Crippen molar-refractivity contribution in [3.8, 4) is 0 Å². The molecule has 0 saturated heterocycles. The van der Waals surface area contributed by atoms with Crippen LogP contribution in [0.3, 0.4) is 0 Å². The van der Waals surface area contributed by atoms with E-state index in [0.717, 1.165) is 5.56 Å². The Morgan fingerprint density at radius 3 is 2.44 bits per heavy atom. The predicted octanol–water partition coefficient (Wildman–Crippen LogP) is 1.96. The Bertz CT molecular complexity index is 423. The van der Waals surface area contributed by atoms with Gasteiger partial charge in [-0.1, -0.05) is 19.1 Å². The van der Waals surface area contributed by atoms with E-state index in [2.05, 4.69) is 0 Å².